The molecule has 2 N–H and O–H groups in total. The lowest BCUT2D eigenvalue weighted by Gasteiger charge is -2.32. The number of rotatable bonds is 18. The molecular formula is C40H44N6O6. The SMILES string of the molecule is CN(CCCNC(=O)[C]1[CH][CH][CH][CH]1)CCCN1C(=O)c2ccc3c4c(ccc(c24)C1=O)C(=O)N(CCCN(C)CCCNC(=O)[C]1[CH][CH][CH][CH]1)C3=O. The predicted octanol–water partition coefficient (Wildman–Crippen LogP) is 2.50. The molecule has 10 radical (unpaired) electrons. The van der Waals surface area contributed by atoms with Crippen molar-refractivity contribution < 1.29 is 28.8 Å². The zero-order valence-electron chi connectivity index (χ0n) is 29.7. The number of hydrogen-bond donors (Lipinski definition) is 2. The van der Waals surface area contributed by atoms with Crippen molar-refractivity contribution in [2.45, 2.75) is 25.7 Å². The van der Waals surface area contributed by atoms with Gasteiger partial charge in [0.05, 0.1) is 11.8 Å². The lowest BCUT2D eigenvalue weighted by Crippen LogP contribution is -2.44. The number of hydrogen-bond acceptors (Lipinski definition) is 8. The average molecular weight is 705 g/mol. The van der Waals surface area contributed by atoms with Gasteiger partial charge in [0.1, 0.15) is 0 Å². The molecule has 270 valence electrons. The maximum absolute atomic E-state index is 13.7. The molecule has 12 heteroatoms. The summed E-state index contributed by atoms with van der Waals surface area (Å²) in [5.74, 6) is -0.648. The van der Waals surface area contributed by atoms with E-state index in [1.165, 1.54) is 9.80 Å². The highest BCUT2D eigenvalue weighted by molar-refractivity contribution is 6.33. The topological polar surface area (TPSA) is 139 Å². The number of carbonyl (C=O) groups excluding carboxylic acids is 6. The third kappa shape index (κ3) is 8.23. The zero-order chi connectivity index (χ0) is 36.8. The Hall–Kier alpha value is -4.16. The van der Waals surface area contributed by atoms with Crippen molar-refractivity contribution in [2.75, 3.05) is 66.5 Å². The molecule has 2 heterocycles. The molecule has 2 aromatic carbocycles. The summed E-state index contributed by atoms with van der Waals surface area (Å²) < 4.78 is 0. The van der Waals surface area contributed by atoms with Crippen molar-refractivity contribution in [2.24, 2.45) is 0 Å². The number of nitrogens with one attached hydrogen (secondary N) is 2. The monoisotopic (exact) mass is 704 g/mol. The molecule has 2 aliphatic heterocycles. The first-order valence-electron chi connectivity index (χ1n) is 17.8. The first kappa shape index (κ1) is 37.6. The molecule has 0 spiro atoms. The van der Waals surface area contributed by atoms with Gasteiger partial charge in [0.2, 0.25) is 11.8 Å². The highest BCUT2D eigenvalue weighted by Gasteiger charge is 2.39. The molecule has 6 amide bonds. The van der Waals surface area contributed by atoms with Crippen LogP contribution >= 0.6 is 0 Å². The molecule has 2 aromatic rings. The first-order chi connectivity index (χ1) is 25.2. The highest BCUT2D eigenvalue weighted by Crippen LogP contribution is 2.38. The molecule has 0 aromatic heterocycles. The lowest BCUT2D eigenvalue weighted by atomic mass is 9.86. The third-order valence-electron chi connectivity index (χ3n) is 9.76. The van der Waals surface area contributed by atoms with Gasteiger partial charge in [-0.2, -0.15) is 0 Å². The van der Waals surface area contributed by atoms with E-state index in [1.54, 1.807) is 49.9 Å². The highest BCUT2D eigenvalue weighted by atomic mass is 16.2. The molecule has 2 saturated carbocycles. The fourth-order valence-electron chi connectivity index (χ4n) is 6.96. The number of imide groups is 2. The van der Waals surface area contributed by atoms with Gasteiger partial charge in [-0.3, -0.25) is 38.6 Å². The molecule has 2 fully saturated rings. The van der Waals surface area contributed by atoms with Gasteiger partial charge in [-0.1, -0.05) is 0 Å². The average Bonchev–Trinajstić information content (AvgIpc) is 3.89. The molecule has 0 bridgehead atoms. The second-order valence-electron chi connectivity index (χ2n) is 13.5. The van der Waals surface area contributed by atoms with Crippen LogP contribution in [0, 0.1) is 63.2 Å². The molecule has 0 unspecified atom stereocenters. The first-order valence-corrected chi connectivity index (χ1v) is 17.8. The second-order valence-corrected chi connectivity index (χ2v) is 13.5. The van der Waals surface area contributed by atoms with Gasteiger partial charge in [-0.25, -0.2) is 0 Å². The molecule has 2 aliphatic carbocycles. The van der Waals surface area contributed by atoms with E-state index in [4.69, 9.17) is 0 Å². The Morgan fingerprint density at radius 2 is 0.827 bits per heavy atom. The molecule has 4 aliphatic rings. The normalized spacial score (nSPS) is 17.8. The van der Waals surface area contributed by atoms with Crippen LogP contribution in [0.15, 0.2) is 24.3 Å². The van der Waals surface area contributed by atoms with E-state index < -0.39 is 23.6 Å². The van der Waals surface area contributed by atoms with E-state index in [0.717, 1.165) is 25.9 Å². The summed E-state index contributed by atoms with van der Waals surface area (Å²) in [5.41, 5.74) is 1.24. The van der Waals surface area contributed by atoms with E-state index in [1.807, 2.05) is 39.8 Å². The van der Waals surface area contributed by atoms with Crippen molar-refractivity contribution in [1.29, 1.82) is 0 Å². The van der Waals surface area contributed by atoms with Gasteiger partial charge in [0, 0.05) is 59.2 Å². The number of nitrogens with zero attached hydrogens (tertiary/aromatic N) is 4. The Morgan fingerprint density at radius 3 is 1.15 bits per heavy atom. The third-order valence-corrected chi connectivity index (χ3v) is 9.76. The van der Waals surface area contributed by atoms with Crippen LogP contribution in [0.1, 0.15) is 67.1 Å². The molecule has 0 saturated heterocycles. The predicted molar refractivity (Wildman–Crippen MR) is 195 cm³/mol. The van der Waals surface area contributed by atoms with Crippen LogP contribution < -0.4 is 10.6 Å². The van der Waals surface area contributed by atoms with Gasteiger partial charge < -0.3 is 20.4 Å². The molecule has 6 rings (SSSR count). The summed E-state index contributed by atoms with van der Waals surface area (Å²) in [7, 11) is 3.92. The van der Waals surface area contributed by atoms with Crippen LogP contribution in [0.3, 0.4) is 0 Å². The minimum atomic E-state index is -0.435. The maximum Gasteiger partial charge on any atom is 0.261 e. The molecular weight excluding hydrogens is 660 g/mol. The fourth-order valence-corrected chi connectivity index (χ4v) is 6.96. The molecule has 52 heavy (non-hydrogen) atoms. The zero-order valence-corrected chi connectivity index (χ0v) is 29.7. The van der Waals surface area contributed by atoms with Crippen LogP contribution in [-0.2, 0) is 9.59 Å². The lowest BCUT2D eigenvalue weighted by molar-refractivity contribution is -0.119. The summed E-state index contributed by atoms with van der Waals surface area (Å²) >= 11 is 0. The van der Waals surface area contributed by atoms with E-state index in [-0.39, 0.29) is 24.9 Å². The van der Waals surface area contributed by atoms with Crippen LogP contribution in [0.4, 0.5) is 0 Å². The van der Waals surface area contributed by atoms with Crippen molar-refractivity contribution in [1.82, 2.24) is 30.2 Å². The summed E-state index contributed by atoms with van der Waals surface area (Å²) in [6.07, 6.45) is 17.0. The Bertz CT molecular complexity index is 1500. The summed E-state index contributed by atoms with van der Waals surface area (Å²) in [6.45, 7) is 4.32. The minimum absolute atomic E-state index is 0.0953. The van der Waals surface area contributed by atoms with Crippen LogP contribution in [0.25, 0.3) is 10.8 Å². The van der Waals surface area contributed by atoms with Gasteiger partial charge in [-0.15, -0.1) is 0 Å². The number of carbonyl (C=O) groups is 6. The maximum atomic E-state index is 13.7. The number of amides is 6. The summed E-state index contributed by atoms with van der Waals surface area (Å²) in [5, 5.41) is 6.56. The molecule has 0 atom stereocenters. The summed E-state index contributed by atoms with van der Waals surface area (Å²) in [4.78, 5) is 85.5. The van der Waals surface area contributed by atoms with Gasteiger partial charge >= 0.3 is 0 Å². The van der Waals surface area contributed by atoms with Crippen LogP contribution in [0.5, 0.6) is 0 Å². The smallest absolute Gasteiger partial charge is 0.261 e. The van der Waals surface area contributed by atoms with E-state index >= 15 is 0 Å². The van der Waals surface area contributed by atoms with E-state index in [2.05, 4.69) is 20.4 Å². The largest absolute Gasteiger partial charge is 0.356 e. The minimum Gasteiger partial charge on any atom is -0.356 e. The Balaban J connectivity index is 0.986. The number of benzene rings is 2. The van der Waals surface area contributed by atoms with Crippen molar-refractivity contribution in [3.63, 3.8) is 0 Å². The fraction of sp³-hybridized carbons (Fsp3) is 0.350. The van der Waals surface area contributed by atoms with Gasteiger partial charge in [-0.05, 0) is 142 Å². The van der Waals surface area contributed by atoms with E-state index in [0.29, 0.717) is 83.9 Å². The van der Waals surface area contributed by atoms with Crippen molar-refractivity contribution >= 4 is 46.2 Å². The Kier molecular flexibility index (Phi) is 12.4. The molecule has 12 nitrogen and oxygen atoms in total. The van der Waals surface area contributed by atoms with Crippen LogP contribution in [0.2, 0.25) is 0 Å². The van der Waals surface area contributed by atoms with Gasteiger partial charge in [0.25, 0.3) is 23.6 Å². The Morgan fingerprint density at radius 1 is 0.519 bits per heavy atom. The van der Waals surface area contributed by atoms with Crippen molar-refractivity contribution in [3.05, 3.63) is 110 Å². The quantitative estimate of drug-likeness (QED) is 0.178. The van der Waals surface area contributed by atoms with Crippen molar-refractivity contribution in [3.8, 4) is 0 Å². The van der Waals surface area contributed by atoms with Gasteiger partial charge in [0.15, 0.2) is 0 Å². The Labute approximate surface area is 306 Å². The second kappa shape index (κ2) is 17.1. The summed E-state index contributed by atoms with van der Waals surface area (Å²) in [6, 6.07) is 6.38. The van der Waals surface area contributed by atoms with E-state index in [9.17, 15) is 28.8 Å². The van der Waals surface area contributed by atoms with Crippen LogP contribution in [-0.4, -0.2) is 121 Å². The standard InChI is InChI=1S/C40H44N6O6/c1-43(21-7-19-41-35(47)27-11-3-4-12-27)23-9-25-45-37(49)29-15-17-31-34-32(18-16-30(33(29)34)38(45)50)40(52)46(39(31)51)26-10-24-44(2)22-8-20-42-36(48)28-13-5-6-14-28/h3-6,11-18H,7-10,19-26H2,1-2H3,(H,41,47)(H,42,48).